The van der Waals surface area contributed by atoms with Crippen molar-refractivity contribution in [3.63, 3.8) is 0 Å². The summed E-state index contributed by atoms with van der Waals surface area (Å²) >= 11 is 0. The molecule has 0 unspecified atom stereocenters. The monoisotopic (exact) mass is 1430 g/mol. The molecule has 0 amide bonds. The molecule has 4 nitrogen and oxygen atoms in total. The molecule has 20 rings (SSSR count). The van der Waals surface area contributed by atoms with Crippen molar-refractivity contribution in [1.82, 2.24) is 0 Å². The van der Waals surface area contributed by atoms with E-state index in [4.69, 9.17) is 0 Å². The molecule has 0 aliphatic carbocycles. The van der Waals surface area contributed by atoms with Crippen LogP contribution in [0.3, 0.4) is 0 Å². The zero-order valence-corrected chi connectivity index (χ0v) is 61.5. The molecule has 0 bridgehead atoms. The second kappa shape index (κ2) is 29.0. The lowest BCUT2D eigenvalue weighted by Gasteiger charge is -2.28. The summed E-state index contributed by atoms with van der Waals surface area (Å²) in [6.07, 6.45) is 0. The van der Waals surface area contributed by atoms with Crippen LogP contribution in [0.15, 0.2) is 449 Å². The van der Waals surface area contributed by atoms with E-state index in [1.54, 1.807) is 0 Å². The highest BCUT2D eigenvalue weighted by Crippen LogP contribution is 2.52. The van der Waals surface area contributed by atoms with Crippen molar-refractivity contribution >= 4 is 133 Å². The van der Waals surface area contributed by atoms with Gasteiger partial charge in [-0.2, -0.15) is 0 Å². The Morgan fingerprint density at radius 2 is 0.304 bits per heavy atom. The number of nitrogens with zero attached hydrogens (tertiary/aromatic N) is 4. The van der Waals surface area contributed by atoms with Crippen LogP contribution in [-0.4, -0.2) is 0 Å². The molecule has 0 aliphatic heterocycles. The Labute approximate surface area is 652 Å². The highest BCUT2D eigenvalue weighted by Gasteiger charge is 2.26. The number of hydrogen-bond donors (Lipinski definition) is 0. The normalized spacial score (nSPS) is 11.4. The lowest BCUT2D eigenvalue weighted by molar-refractivity contribution is 1.28. The van der Waals surface area contributed by atoms with Crippen LogP contribution in [0.1, 0.15) is 0 Å². The van der Waals surface area contributed by atoms with Gasteiger partial charge in [0.2, 0.25) is 0 Å². The predicted octanol–water partition coefficient (Wildman–Crippen LogP) is 30.8. The number of rotatable bonds is 17. The van der Waals surface area contributed by atoms with Gasteiger partial charge in [0.05, 0.1) is 0 Å². The predicted molar refractivity (Wildman–Crippen MR) is 477 cm³/mol. The first kappa shape index (κ1) is 66.6. The van der Waals surface area contributed by atoms with Gasteiger partial charge in [0.25, 0.3) is 0 Å². The molecule has 0 fully saturated rings. The van der Waals surface area contributed by atoms with Crippen LogP contribution in [0, 0.1) is 0 Å². The Bertz CT molecular complexity index is 6750. The fourth-order valence-electron chi connectivity index (χ4n) is 17.0. The molecule has 526 valence electrons. The Balaban J connectivity index is 0.710. The van der Waals surface area contributed by atoms with Gasteiger partial charge in [-0.1, -0.05) is 291 Å². The van der Waals surface area contributed by atoms with E-state index in [2.05, 4.69) is 469 Å². The van der Waals surface area contributed by atoms with E-state index in [0.29, 0.717) is 0 Å². The maximum atomic E-state index is 2.45. The fourth-order valence-corrected chi connectivity index (χ4v) is 17.0. The summed E-state index contributed by atoms with van der Waals surface area (Å²) < 4.78 is 0. The summed E-state index contributed by atoms with van der Waals surface area (Å²) in [4.78, 5) is 9.55. The van der Waals surface area contributed by atoms with Crippen molar-refractivity contribution in [1.29, 1.82) is 0 Å². The molecule has 0 saturated heterocycles. The van der Waals surface area contributed by atoms with E-state index in [9.17, 15) is 0 Å². The zero-order valence-electron chi connectivity index (χ0n) is 61.5. The molecule has 0 atom stereocenters. The van der Waals surface area contributed by atoms with Crippen LogP contribution in [0.2, 0.25) is 0 Å². The van der Waals surface area contributed by atoms with Gasteiger partial charge in [0.1, 0.15) is 0 Å². The molecule has 0 radical (unpaired) electrons. The van der Waals surface area contributed by atoms with Gasteiger partial charge in [-0.05, 0) is 278 Å². The van der Waals surface area contributed by atoms with E-state index >= 15 is 0 Å². The standard InChI is InChI=1S/C108H74N4/c1-9-31-79(32-10-1)105-98-66-62-95(72-102(98)106(80-33-11-2-12-34-80)97-65-61-93(71-101(97)105)109(85-37-13-3-14-38-85)86-39-15-4-16-40-86)111(89-45-21-7-22-46-89)91-57-53-77(54-58-91)78-55-59-92(60-56-78)112(90-47-23-8-24-48-90)96-64-68-100-104(74-96)108(84-52-50-76-30-26-28-36-82(76)70-84)99-67-63-94(110(87-41-17-5-18-42-87)88-43-19-6-20-44-88)73-103(99)107(100)83-51-49-75-29-25-27-35-81(75)69-83/h1-74H. The average Bonchev–Trinajstić information content (AvgIpc) is 0.720. The first-order valence-corrected chi connectivity index (χ1v) is 38.4. The summed E-state index contributed by atoms with van der Waals surface area (Å²) in [6, 6.07) is 164. The minimum atomic E-state index is 1.05. The molecular formula is C108H74N4. The maximum Gasteiger partial charge on any atom is 0.0468 e. The average molecular weight is 1430 g/mol. The zero-order chi connectivity index (χ0) is 74.3. The Morgan fingerprint density at radius 1 is 0.107 bits per heavy atom. The Kier molecular flexibility index (Phi) is 17.3. The summed E-state index contributed by atoms with van der Waals surface area (Å²) in [5.74, 6) is 0. The fraction of sp³-hybridized carbons (Fsp3) is 0. The molecule has 4 heteroatoms. The van der Waals surface area contributed by atoms with E-state index < -0.39 is 0 Å². The van der Waals surface area contributed by atoms with E-state index in [1.807, 2.05) is 0 Å². The first-order chi connectivity index (χ1) is 55.6. The van der Waals surface area contributed by atoms with E-state index in [-0.39, 0.29) is 0 Å². The SMILES string of the molecule is c1ccc(-c2c3ccc(N(c4ccccc4)c4ccc(-c5ccc(N(c6ccccc6)c6ccc7c(-c8ccc9ccccc9c8)c8cc(N(c9ccccc9)c9ccccc9)ccc8c(-c8ccc9ccccc9c8)c7c6)cc5)cc4)cc3c(-c3ccccc3)c3ccc(N(c4ccccc4)c4ccccc4)cc23)cc1. The number of para-hydroxylation sites is 6. The minimum absolute atomic E-state index is 1.05. The van der Waals surface area contributed by atoms with Crippen LogP contribution >= 0.6 is 0 Å². The molecule has 112 heavy (non-hydrogen) atoms. The van der Waals surface area contributed by atoms with Crippen molar-refractivity contribution in [3.05, 3.63) is 449 Å². The maximum absolute atomic E-state index is 2.45. The van der Waals surface area contributed by atoms with Crippen molar-refractivity contribution < 1.29 is 0 Å². The molecular weight excluding hydrogens is 1350 g/mol. The van der Waals surface area contributed by atoms with Gasteiger partial charge < -0.3 is 19.6 Å². The number of fused-ring (bicyclic) bond motifs is 6. The molecule has 0 N–H and O–H groups in total. The topological polar surface area (TPSA) is 13.0 Å². The van der Waals surface area contributed by atoms with Crippen LogP contribution in [0.4, 0.5) is 68.2 Å². The summed E-state index contributed by atoms with van der Waals surface area (Å²) in [6.45, 7) is 0. The van der Waals surface area contributed by atoms with Crippen molar-refractivity contribution in [2.75, 3.05) is 19.6 Å². The van der Waals surface area contributed by atoms with Gasteiger partial charge in [-0.25, -0.2) is 0 Å². The second-order valence-corrected chi connectivity index (χ2v) is 28.7. The van der Waals surface area contributed by atoms with Gasteiger partial charge in [-0.3, -0.25) is 0 Å². The van der Waals surface area contributed by atoms with E-state index in [1.165, 1.54) is 81.5 Å². The van der Waals surface area contributed by atoms with E-state index in [0.717, 1.165) is 107 Å². The smallest absolute Gasteiger partial charge is 0.0468 e. The van der Waals surface area contributed by atoms with Gasteiger partial charge in [-0.15, -0.1) is 0 Å². The number of anilines is 12. The van der Waals surface area contributed by atoms with Gasteiger partial charge in [0.15, 0.2) is 0 Å². The van der Waals surface area contributed by atoms with Crippen LogP contribution in [0.5, 0.6) is 0 Å². The largest absolute Gasteiger partial charge is 0.310 e. The second-order valence-electron chi connectivity index (χ2n) is 28.7. The lowest BCUT2D eigenvalue weighted by atomic mass is 9.84. The summed E-state index contributed by atoms with van der Waals surface area (Å²) in [5, 5.41) is 14.2. The number of hydrogen-bond acceptors (Lipinski definition) is 4. The number of benzene rings is 20. The highest BCUT2D eigenvalue weighted by atomic mass is 15.2. The Hall–Kier alpha value is -14.8. The van der Waals surface area contributed by atoms with Crippen molar-refractivity contribution in [2.45, 2.75) is 0 Å². The van der Waals surface area contributed by atoms with Crippen LogP contribution < -0.4 is 19.6 Å². The molecule has 0 heterocycles. The third-order valence-corrected chi connectivity index (χ3v) is 22.1. The molecule has 0 aliphatic rings. The molecule has 0 saturated carbocycles. The molecule has 0 spiro atoms. The highest BCUT2D eigenvalue weighted by molar-refractivity contribution is 6.25. The van der Waals surface area contributed by atoms with Crippen LogP contribution in [0.25, 0.3) is 120 Å². The molecule has 20 aromatic rings. The summed E-state index contributed by atoms with van der Waals surface area (Å²) in [5.41, 5.74) is 24.5. The first-order valence-electron chi connectivity index (χ1n) is 38.4. The Morgan fingerprint density at radius 3 is 0.562 bits per heavy atom. The third kappa shape index (κ3) is 12.4. The molecule has 0 aromatic heterocycles. The minimum Gasteiger partial charge on any atom is -0.310 e. The van der Waals surface area contributed by atoms with Gasteiger partial charge >= 0.3 is 0 Å². The van der Waals surface area contributed by atoms with Gasteiger partial charge in [0, 0.05) is 68.2 Å². The summed E-state index contributed by atoms with van der Waals surface area (Å²) in [7, 11) is 0. The quantitative estimate of drug-likeness (QED) is 0.0843. The van der Waals surface area contributed by atoms with Crippen molar-refractivity contribution in [3.8, 4) is 55.6 Å². The third-order valence-electron chi connectivity index (χ3n) is 22.1. The van der Waals surface area contributed by atoms with Crippen LogP contribution in [-0.2, 0) is 0 Å². The van der Waals surface area contributed by atoms with Crippen molar-refractivity contribution in [2.24, 2.45) is 0 Å². The lowest BCUT2D eigenvalue weighted by Crippen LogP contribution is -2.10. The molecule has 20 aromatic carbocycles.